The van der Waals surface area contributed by atoms with Gasteiger partial charge in [-0.15, -0.1) is 0 Å². The molecule has 5 nitrogen and oxygen atoms in total. The Morgan fingerprint density at radius 3 is 2.67 bits per heavy atom. The molecule has 18 heavy (non-hydrogen) atoms. The summed E-state index contributed by atoms with van der Waals surface area (Å²) in [6.45, 7) is 5.55. The Labute approximate surface area is 107 Å². The first-order chi connectivity index (χ1) is 8.79. The number of hydrogen-bond acceptors (Lipinski definition) is 5. The number of anilines is 2. The molecule has 2 heterocycles. The molecular weight excluding hydrogens is 226 g/mol. The van der Waals surface area contributed by atoms with Crippen LogP contribution in [-0.4, -0.2) is 21.5 Å². The molecule has 0 aliphatic heterocycles. The third kappa shape index (κ3) is 3.16. The summed E-state index contributed by atoms with van der Waals surface area (Å²) in [6.07, 6.45) is 5.21. The zero-order chi connectivity index (χ0) is 12.8. The first-order valence-corrected chi connectivity index (χ1v) is 6.00. The first-order valence-electron chi connectivity index (χ1n) is 6.00. The Kier molecular flexibility index (Phi) is 4.06. The Balaban J connectivity index is 2.02. The SMILES string of the molecule is CCNc1cncc(NCc2ncccc2C)n1. The molecule has 0 unspecified atom stereocenters. The summed E-state index contributed by atoms with van der Waals surface area (Å²) in [6, 6.07) is 3.98. The van der Waals surface area contributed by atoms with Crippen LogP contribution < -0.4 is 10.6 Å². The second-order valence-corrected chi connectivity index (χ2v) is 3.94. The number of hydrogen-bond donors (Lipinski definition) is 2. The van der Waals surface area contributed by atoms with Crippen LogP contribution >= 0.6 is 0 Å². The average Bonchev–Trinajstić information content (AvgIpc) is 2.39. The van der Waals surface area contributed by atoms with E-state index in [0.29, 0.717) is 6.54 Å². The zero-order valence-corrected chi connectivity index (χ0v) is 10.6. The van der Waals surface area contributed by atoms with Crippen molar-refractivity contribution in [3.8, 4) is 0 Å². The molecule has 2 rings (SSSR count). The third-order valence-electron chi connectivity index (χ3n) is 2.55. The van der Waals surface area contributed by atoms with Gasteiger partial charge in [0, 0.05) is 12.7 Å². The van der Waals surface area contributed by atoms with Crippen molar-refractivity contribution in [1.82, 2.24) is 15.0 Å². The van der Waals surface area contributed by atoms with E-state index in [1.807, 2.05) is 26.0 Å². The van der Waals surface area contributed by atoms with E-state index >= 15 is 0 Å². The average molecular weight is 243 g/mol. The molecular formula is C13H17N5. The minimum Gasteiger partial charge on any atom is -0.369 e. The lowest BCUT2D eigenvalue weighted by molar-refractivity contribution is 0.997. The molecule has 0 bridgehead atoms. The Morgan fingerprint density at radius 2 is 1.94 bits per heavy atom. The molecule has 2 aromatic heterocycles. The quantitative estimate of drug-likeness (QED) is 0.843. The number of aromatic nitrogens is 3. The van der Waals surface area contributed by atoms with Gasteiger partial charge in [0.2, 0.25) is 0 Å². The van der Waals surface area contributed by atoms with Crippen molar-refractivity contribution in [3.63, 3.8) is 0 Å². The molecule has 5 heteroatoms. The van der Waals surface area contributed by atoms with Gasteiger partial charge < -0.3 is 10.6 Å². The fourth-order valence-corrected chi connectivity index (χ4v) is 1.60. The van der Waals surface area contributed by atoms with E-state index in [-0.39, 0.29) is 0 Å². The molecule has 0 aliphatic rings. The topological polar surface area (TPSA) is 62.7 Å². The van der Waals surface area contributed by atoms with Gasteiger partial charge in [0.15, 0.2) is 0 Å². The van der Waals surface area contributed by atoms with Gasteiger partial charge in [-0.3, -0.25) is 9.97 Å². The van der Waals surface area contributed by atoms with Crippen molar-refractivity contribution < 1.29 is 0 Å². The van der Waals surface area contributed by atoms with Gasteiger partial charge in [-0.2, -0.15) is 0 Å². The third-order valence-corrected chi connectivity index (χ3v) is 2.55. The molecule has 0 saturated carbocycles. The monoisotopic (exact) mass is 243 g/mol. The van der Waals surface area contributed by atoms with E-state index < -0.39 is 0 Å². The number of rotatable bonds is 5. The zero-order valence-electron chi connectivity index (χ0n) is 10.6. The predicted molar refractivity (Wildman–Crippen MR) is 72.5 cm³/mol. The number of nitrogens with zero attached hydrogens (tertiary/aromatic N) is 3. The van der Waals surface area contributed by atoms with E-state index in [9.17, 15) is 0 Å². The highest BCUT2D eigenvalue weighted by molar-refractivity contribution is 5.41. The second-order valence-electron chi connectivity index (χ2n) is 3.94. The van der Waals surface area contributed by atoms with Gasteiger partial charge in [0.1, 0.15) is 11.6 Å². The molecule has 0 fully saturated rings. The summed E-state index contributed by atoms with van der Waals surface area (Å²) in [7, 11) is 0. The highest BCUT2D eigenvalue weighted by Crippen LogP contribution is 2.09. The highest BCUT2D eigenvalue weighted by atomic mass is 15.1. The van der Waals surface area contributed by atoms with Crippen molar-refractivity contribution in [2.45, 2.75) is 20.4 Å². The van der Waals surface area contributed by atoms with Crippen LogP contribution in [0.2, 0.25) is 0 Å². The maximum atomic E-state index is 4.39. The molecule has 0 spiro atoms. The summed E-state index contributed by atoms with van der Waals surface area (Å²) in [5.41, 5.74) is 2.19. The van der Waals surface area contributed by atoms with Crippen molar-refractivity contribution in [1.29, 1.82) is 0 Å². The lowest BCUT2D eigenvalue weighted by Gasteiger charge is -2.08. The van der Waals surface area contributed by atoms with E-state index in [1.165, 1.54) is 5.56 Å². The summed E-state index contributed by atoms with van der Waals surface area (Å²) < 4.78 is 0. The van der Waals surface area contributed by atoms with Crippen LogP contribution in [0.15, 0.2) is 30.7 Å². The minimum absolute atomic E-state index is 0.650. The summed E-state index contributed by atoms with van der Waals surface area (Å²) in [4.78, 5) is 12.9. The normalized spacial score (nSPS) is 10.1. The summed E-state index contributed by atoms with van der Waals surface area (Å²) >= 11 is 0. The molecule has 0 aliphatic carbocycles. The lowest BCUT2D eigenvalue weighted by Crippen LogP contribution is -2.07. The number of nitrogens with one attached hydrogen (secondary N) is 2. The van der Waals surface area contributed by atoms with Crippen molar-refractivity contribution in [2.24, 2.45) is 0 Å². The molecule has 2 N–H and O–H groups in total. The van der Waals surface area contributed by atoms with Crippen LogP contribution in [0.4, 0.5) is 11.6 Å². The van der Waals surface area contributed by atoms with Gasteiger partial charge in [-0.25, -0.2) is 4.98 Å². The van der Waals surface area contributed by atoms with Gasteiger partial charge in [0.05, 0.1) is 24.6 Å². The standard InChI is InChI=1S/C13H17N5/c1-3-15-12-8-14-9-13(18-12)17-7-11-10(2)5-4-6-16-11/h4-6,8-9H,3,7H2,1-2H3,(H2,15,17,18). The maximum absolute atomic E-state index is 4.39. The fraction of sp³-hybridized carbons (Fsp3) is 0.308. The molecule has 2 aromatic rings. The van der Waals surface area contributed by atoms with Crippen LogP contribution in [0.3, 0.4) is 0 Å². The second kappa shape index (κ2) is 5.95. The maximum Gasteiger partial charge on any atom is 0.147 e. The van der Waals surface area contributed by atoms with Crippen molar-refractivity contribution in [2.75, 3.05) is 17.2 Å². The summed E-state index contributed by atoms with van der Waals surface area (Å²) in [5, 5.41) is 6.35. The van der Waals surface area contributed by atoms with Crippen LogP contribution in [-0.2, 0) is 6.54 Å². The molecule has 0 radical (unpaired) electrons. The molecule has 0 amide bonds. The number of pyridine rings is 1. The Bertz CT molecular complexity index is 512. The number of aryl methyl sites for hydroxylation is 1. The fourth-order valence-electron chi connectivity index (χ4n) is 1.60. The van der Waals surface area contributed by atoms with Gasteiger partial charge in [0.25, 0.3) is 0 Å². The van der Waals surface area contributed by atoms with Crippen LogP contribution in [0, 0.1) is 6.92 Å². The first kappa shape index (κ1) is 12.3. The van der Waals surface area contributed by atoms with Crippen LogP contribution in [0.25, 0.3) is 0 Å². The smallest absolute Gasteiger partial charge is 0.147 e. The van der Waals surface area contributed by atoms with Crippen molar-refractivity contribution in [3.05, 3.63) is 42.0 Å². The molecule has 0 saturated heterocycles. The highest BCUT2D eigenvalue weighted by Gasteiger charge is 2.01. The summed E-state index contributed by atoms with van der Waals surface area (Å²) in [5.74, 6) is 1.53. The van der Waals surface area contributed by atoms with E-state index in [0.717, 1.165) is 23.9 Å². The molecule has 0 aromatic carbocycles. The van der Waals surface area contributed by atoms with Gasteiger partial charge >= 0.3 is 0 Å². The largest absolute Gasteiger partial charge is 0.369 e. The molecule has 94 valence electrons. The lowest BCUT2D eigenvalue weighted by atomic mass is 10.2. The van der Waals surface area contributed by atoms with E-state index in [4.69, 9.17) is 0 Å². The Hall–Kier alpha value is -2.17. The minimum atomic E-state index is 0.650. The van der Waals surface area contributed by atoms with Crippen LogP contribution in [0.5, 0.6) is 0 Å². The van der Waals surface area contributed by atoms with E-state index in [1.54, 1.807) is 18.6 Å². The Morgan fingerprint density at radius 1 is 1.17 bits per heavy atom. The van der Waals surface area contributed by atoms with Gasteiger partial charge in [-0.1, -0.05) is 6.07 Å². The van der Waals surface area contributed by atoms with E-state index in [2.05, 4.69) is 25.6 Å². The predicted octanol–water partition coefficient (Wildman–Crippen LogP) is 2.22. The van der Waals surface area contributed by atoms with Crippen molar-refractivity contribution >= 4 is 11.6 Å². The van der Waals surface area contributed by atoms with Crippen LogP contribution in [0.1, 0.15) is 18.2 Å². The molecule has 0 atom stereocenters. The van der Waals surface area contributed by atoms with Gasteiger partial charge in [-0.05, 0) is 25.5 Å².